The molecule has 0 aromatic carbocycles. The molecule has 0 bridgehead atoms. The van der Waals surface area contributed by atoms with Crippen LogP contribution in [0, 0.1) is 5.41 Å². The van der Waals surface area contributed by atoms with E-state index in [4.69, 9.17) is 0 Å². The van der Waals surface area contributed by atoms with Gasteiger partial charge < -0.3 is 5.11 Å². The van der Waals surface area contributed by atoms with Gasteiger partial charge in [-0.15, -0.1) is 0 Å². The lowest BCUT2D eigenvalue weighted by molar-refractivity contribution is -0.148. The molecule has 0 radical (unpaired) electrons. The highest BCUT2D eigenvalue weighted by Crippen LogP contribution is 2.31. The van der Waals surface area contributed by atoms with Crippen molar-refractivity contribution in [2.45, 2.75) is 52.5 Å². The third-order valence-electron chi connectivity index (χ3n) is 3.38. The summed E-state index contributed by atoms with van der Waals surface area (Å²) in [6.45, 7) is 10.3. The average Bonchev–Trinajstić information content (AvgIpc) is 2.44. The fourth-order valence-electron chi connectivity index (χ4n) is 2.09. The van der Waals surface area contributed by atoms with E-state index >= 15 is 0 Å². The number of likely N-dealkylation sites (tertiary alicyclic amines) is 1. The monoisotopic (exact) mass is 213 g/mol. The second-order valence-corrected chi connectivity index (χ2v) is 5.98. The zero-order chi connectivity index (χ0) is 11.7. The highest BCUT2D eigenvalue weighted by molar-refractivity contribution is 5.78. The van der Waals surface area contributed by atoms with Gasteiger partial charge in [0.15, 0.2) is 0 Å². The van der Waals surface area contributed by atoms with E-state index in [0.29, 0.717) is 0 Å². The molecule has 1 atom stereocenters. The Morgan fingerprint density at radius 2 is 2.07 bits per heavy atom. The number of carbonyl (C=O) groups is 1. The van der Waals surface area contributed by atoms with Crippen LogP contribution in [0.15, 0.2) is 0 Å². The first-order valence-corrected chi connectivity index (χ1v) is 5.74. The van der Waals surface area contributed by atoms with E-state index in [-0.39, 0.29) is 5.41 Å². The molecule has 0 aliphatic carbocycles. The van der Waals surface area contributed by atoms with Gasteiger partial charge in [-0.05, 0) is 44.7 Å². The number of hydrogen-bond donors (Lipinski definition) is 1. The smallest absolute Gasteiger partial charge is 0.323 e. The molecular formula is C12H23NO2. The molecule has 0 saturated carbocycles. The summed E-state index contributed by atoms with van der Waals surface area (Å²) in [7, 11) is 0. The van der Waals surface area contributed by atoms with E-state index in [1.165, 1.54) is 0 Å². The molecule has 1 rings (SSSR count). The Morgan fingerprint density at radius 3 is 2.53 bits per heavy atom. The normalized spacial score (nSPS) is 28.3. The Labute approximate surface area is 92.5 Å². The minimum Gasteiger partial charge on any atom is -0.480 e. The van der Waals surface area contributed by atoms with Crippen molar-refractivity contribution in [2.24, 2.45) is 5.41 Å². The van der Waals surface area contributed by atoms with E-state index in [2.05, 4.69) is 25.7 Å². The van der Waals surface area contributed by atoms with Crippen molar-refractivity contribution in [1.82, 2.24) is 4.90 Å². The molecule has 88 valence electrons. The van der Waals surface area contributed by atoms with Crippen LogP contribution in [0.5, 0.6) is 0 Å². The summed E-state index contributed by atoms with van der Waals surface area (Å²) in [5.74, 6) is -0.672. The summed E-state index contributed by atoms with van der Waals surface area (Å²) in [5, 5.41) is 9.23. The Morgan fingerprint density at radius 1 is 1.47 bits per heavy atom. The first-order chi connectivity index (χ1) is 6.76. The van der Waals surface area contributed by atoms with Crippen molar-refractivity contribution in [3.63, 3.8) is 0 Å². The molecule has 1 saturated heterocycles. The number of rotatable bonds is 3. The maximum atomic E-state index is 11.2. The molecular weight excluding hydrogens is 190 g/mol. The largest absolute Gasteiger partial charge is 0.480 e. The number of carboxylic acid groups (broad SMARTS) is 1. The molecule has 3 heteroatoms. The maximum Gasteiger partial charge on any atom is 0.323 e. The van der Waals surface area contributed by atoms with Gasteiger partial charge >= 0.3 is 5.97 Å². The van der Waals surface area contributed by atoms with Crippen molar-refractivity contribution in [1.29, 1.82) is 0 Å². The fraction of sp³-hybridized carbons (Fsp3) is 0.917. The van der Waals surface area contributed by atoms with E-state index in [0.717, 1.165) is 32.4 Å². The standard InChI is InChI=1S/C12H23NO2/c1-11(2,3)7-9-13-8-5-6-12(13,4)10(14)15/h5-9H2,1-4H3,(H,14,15). The SMILES string of the molecule is CC(C)(C)CCN1CCCC1(C)C(=O)O. The molecule has 0 spiro atoms. The first-order valence-electron chi connectivity index (χ1n) is 5.74. The van der Waals surface area contributed by atoms with Crippen LogP contribution in [0.4, 0.5) is 0 Å². The van der Waals surface area contributed by atoms with Gasteiger partial charge in [0, 0.05) is 0 Å². The van der Waals surface area contributed by atoms with Gasteiger partial charge in [-0.25, -0.2) is 0 Å². The first kappa shape index (κ1) is 12.5. The van der Waals surface area contributed by atoms with E-state index in [9.17, 15) is 9.90 Å². The fourth-order valence-corrected chi connectivity index (χ4v) is 2.09. The third kappa shape index (κ3) is 2.94. The summed E-state index contributed by atoms with van der Waals surface area (Å²) < 4.78 is 0. The summed E-state index contributed by atoms with van der Waals surface area (Å²) in [6.07, 6.45) is 2.84. The quantitative estimate of drug-likeness (QED) is 0.782. The van der Waals surface area contributed by atoms with Crippen molar-refractivity contribution in [2.75, 3.05) is 13.1 Å². The zero-order valence-corrected chi connectivity index (χ0v) is 10.3. The second-order valence-electron chi connectivity index (χ2n) is 5.98. The van der Waals surface area contributed by atoms with Crippen LogP contribution in [-0.4, -0.2) is 34.6 Å². The van der Waals surface area contributed by atoms with Gasteiger partial charge in [0.05, 0.1) is 0 Å². The minimum atomic E-state index is -0.672. The highest BCUT2D eigenvalue weighted by Gasteiger charge is 2.43. The van der Waals surface area contributed by atoms with Crippen molar-refractivity contribution in [3.05, 3.63) is 0 Å². The van der Waals surface area contributed by atoms with Gasteiger partial charge in [0.2, 0.25) is 0 Å². The third-order valence-corrected chi connectivity index (χ3v) is 3.38. The molecule has 1 heterocycles. The van der Waals surface area contributed by atoms with Gasteiger partial charge in [0.25, 0.3) is 0 Å². The van der Waals surface area contributed by atoms with Gasteiger partial charge in [-0.3, -0.25) is 9.69 Å². The molecule has 0 aromatic rings. The Balaban J connectivity index is 2.58. The molecule has 1 unspecified atom stereocenters. The van der Waals surface area contributed by atoms with E-state index in [1.54, 1.807) is 0 Å². The summed E-state index contributed by atoms with van der Waals surface area (Å²) in [6, 6.07) is 0. The lowest BCUT2D eigenvalue weighted by atomic mass is 9.91. The zero-order valence-electron chi connectivity index (χ0n) is 10.3. The van der Waals surface area contributed by atoms with Gasteiger partial charge in [0.1, 0.15) is 5.54 Å². The number of hydrogen-bond acceptors (Lipinski definition) is 2. The van der Waals surface area contributed by atoms with Crippen molar-refractivity contribution < 1.29 is 9.90 Å². The summed E-state index contributed by atoms with van der Waals surface area (Å²) in [4.78, 5) is 13.3. The molecule has 3 nitrogen and oxygen atoms in total. The molecule has 0 aromatic heterocycles. The van der Waals surface area contributed by atoms with E-state index in [1.807, 2.05) is 6.92 Å². The molecule has 1 fully saturated rings. The number of nitrogens with zero attached hydrogens (tertiary/aromatic N) is 1. The Kier molecular flexibility index (Phi) is 3.44. The molecule has 15 heavy (non-hydrogen) atoms. The Hall–Kier alpha value is -0.570. The predicted octanol–water partition coefficient (Wildman–Crippen LogP) is 2.36. The van der Waals surface area contributed by atoms with Crippen LogP contribution in [0.1, 0.15) is 47.0 Å². The van der Waals surface area contributed by atoms with Gasteiger partial charge in [-0.1, -0.05) is 20.8 Å². The van der Waals surface area contributed by atoms with Crippen LogP contribution in [0.3, 0.4) is 0 Å². The predicted molar refractivity (Wildman–Crippen MR) is 60.9 cm³/mol. The number of carboxylic acids is 1. The molecule has 1 aliphatic heterocycles. The van der Waals surface area contributed by atoms with Crippen LogP contribution in [0.25, 0.3) is 0 Å². The summed E-state index contributed by atoms with van der Waals surface area (Å²) in [5.41, 5.74) is -0.340. The van der Waals surface area contributed by atoms with Crippen LogP contribution >= 0.6 is 0 Å². The van der Waals surface area contributed by atoms with Crippen molar-refractivity contribution >= 4 is 5.97 Å². The lowest BCUT2D eigenvalue weighted by Crippen LogP contribution is -2.48. The van der Waals surface area contributed by atoms with Crippen LogP contribution < -0.4 is 0 Å². The van der Waals surface area contributed by atoms with Crippen LogP contribution in [-0.2, 0) is 4.79 Å². The van der Waals surface area contributed by atoms with Crippen LogP contribution in [0.2, 0.25) is 0 Å². The molecule has 1 aliphatic rings. The van der Waals surface area contributed by atoms with E-state index < -0.39 is 11.5 Å². The highest BCUT2D eigenvalue weighted by atomic mass is 16.4. The lowest BCUT2D eigenvalue weighted by Gasteiger charge is -2.33. The summed E-state index contributed by atoms with van der Waals surface area (Å²) >= 11 is 0. The van der Waals surface area contributed by atoms with Gasteiger partial charge in [-0.2, -0.15) is 0 Å². The Bertz CT molecular complexity index is 244. The average molecular weight is 213 g/mol. The number of aliphatic carboxylic acids is 1. The maximum absolute atomic E-state index is 11.2. The molecule has 0 amide bonds. The minimum absolute atomic E-state index is 0.280. The molecule has 1 N–H and O–H groups in total. The second kappa shape index (κ2) is 4.12. The topological polar surface area (TPSA) is 40.5 Å². The van der Waals surface area contributed by atoms with Crippen molar-refractivity contribution in [3.8, 4) is 0 Å².